The molecule has 0 spiro atoms. The first kappa shape index (κ1) is 22.8. The minimum atomic E-state index is -3.47. The Morgan fingerprint density at radius 2 is 1.64 bits per heavy atom. The minimum Gasteiger partial charge on any atom is -0.337 e. The first-order chi connectivity index (χ1) is 15.7. The largest absolute Gasteiger partial charge is 0.337 e. The third-order valence-corrected chi connectivity index (χ3v) is 6.65. The molecule has 4 aromatic rings. The summed E-state index contributed by atoms with van der Waals surface area (Å²) in [6, 6.07) is 23.6. The maximum atomic E-state index is 13.2. The Hall–Kier alpha value is -3.42. The van der Waals surface area contributed by atoms with Crippen molar-refractivity contribution >= 4 is 27.3 Å². The van der Waals surface area contributed by atoms with Crippen molar-refractivity contribution in [2.24, 2.45) is 0 Å². The average Bonchev–Trinajstić information content (AvgIpc) is 3.23. The molecule has 0 saturated heterocycles. The van der Waals surface area contributed by atoms with Crippen LogP contribution in [0.1, 0.15) is 15.9 Å². The van der Waals surface area contributed by atoms with Crippen molar-refractivity contribution in [3.8, 4) is 16.9 Å². The molecule has 1 heterocycles. The molecule has 6 nitrogen and oxygen atoms in total. The van der Waals surface area contributed by atoms with Crippen molar-refractivity contribution in [1.82, 2.24) is 14.7 Å². The van der Waals surface area contributed by atoms with Gasteiger partial charge < -0.3 is 4.90 Å². The lowest BCUT2D eigenvalue weighted by Gasteiger charge is -2.18. The van der Waals surface area contributed by atoms with Gasteiger partial charge in [0.05, 0.1) is 26.9 Å². The van der Waals surface area contributed by atoms with Gasteiger partial charge in [-0.3, -0.25) is 4.79 Å². The fraction of sp³-hybridized carbons (Fsp3) is 0.120. The predicted molar refractivity (Wildman–Crippen MR) is 129 cm³/mol. The van der Waals surface area contributed by atoms with Crippen molar-refractivity contribution in [2.75, 3.05) is 13.3 Å². The van der Waals surface area contributed by atoms with E-state index < -0.39 is 9.84 Å². The molecule has 0 aliphatic carbocycles. The second-order valence-electron chi connectivity index (χ2n) is 7.72. The summed E-state index contributed by atoms with van der Waals surface area (Å²) in [6.07, 6.45) is 2.99. The van der Waals surface area contributed by atoms with E-state index in [0.717, 1.165) is 28.8 Å². The number of carbonyl (C=O) groups is 1. The van der Waals surface area contributed by atoms with E-state index in [1.165, 1.54) is 23.1 Å². The van der Waals surface area contributed by atoms with Gasteiger partial charge in [-0.05, 0) is 30.3 Å². The second-order valence-corrected chi connectivity index (χ2v) is 10.1. The summed E-state index contributed by atoms with van der Waals surface area (Å²) in [5, 5.41) is 4.97. The topological polar surface area (TPSA) is 72.3 Å². The molecule has 0 saturated carbocycles. The molecule has 8 heteroatoms. The highest BCUT2D eigenvalue weighted by Crippen LogP contribution is 2.26. The van der Waals surface area contributed by atoms with Crippen LogP contribution in [0, 0.1) is 0 Å². The zero-order chi connectivity index (χ0) is 23.6. The molecule has 0 aliphatic rings. The van der Waals surface area contributed by atoms with Crippen molar-refractivity contribution in [3.63, 3.8) is 0 Å². The molecule has 0 bridgehead atoms. The van der Waals surface area contributed by atoms with Gasteiger partial charge in [0.25, 0.3) is 5.91 Å². The lowest BCUT2D eigenvalue weighted by atomic mass is 10.1. The van der Waals surface area contributed by atoms with Crippen LogP contribution >= 0.6 is 11.6 Å². The second kappa shape index (κ2) is 9.21. The molecule has 0 atom stereocenters. The number of amides is 1. The summed E-state index contributed by atoms with van der Waals surface area (Å²) in [5.74, 6) is -0.378. The van der Waals surface area contributed by atoms with E-state index >= 15 is 0 Å². The number of carbonyl (C=O) groups excluding carboxylic acids is 1. The third-order valence-electron chi connectivity index (χ3n) is 5.21. The number of halogens is 1. The molecule has 0 aliphatic heterocycles. The maximum absolute atomic E-state index is 13.2. The molecular weight excluding hydrogens is 458 g/mol. The fourth-order valence-electron chi connectivity index (χ4n) is 3.51. The molecule has 168 valence electrons. The number of rotatable bonds is 6. The van der Waals surface area contributed by atoms with Gasteiger partial charge in [0, 0.05) is 37.2 Å². The van der Waals surface area contributed by atoms with Gasteiger partial charge in [-0.15, -0.1) is 0 Å². The quantitative estimate of drug-likeness (QED) is 0.395. The van der Waals surface area contributed by atoms with E-state index in [1.54, 1.807) is 11.7 Å². The van der Waals surface area contributed by atoms with Crippen LogP contribution in [-0.2, 0) is 16.4 Å². The van der Waals surface area contributed by atoms with Gasteiger partial charge in [0.1, 0.15) is 0 Å². The highest BCUT2D eigenvalue weighted by atomic mass is 35.5. The Kier molecular flexibility index (Phi) is 6.35. The molecule has 0 radical (unpaired) electrons. The van der Waals surface area contributed by atoms with Gasteiger partial charge in [-0.2, -0.15) is 5.10 Å². The number of hydrogen-bond donors (Lipinski definition) is 0. The molecule has 3 aromatic carbocycles. The summed E-state index contributed by atoms with van der Waals surface area (Å²) in [4.78, 5) is 14.7. The van der Waals surface area contributed by atoms with Crippen molar-refractivity contribution in [2.45, 2.75) is 11.4 Å². The van der Waals surface area contributed by atoms with E-state index in [-0.39, 0.29) is 27.9 Å². The van der Waals surface area contributed by atoms with E-state index in [1.807, 2.05) is 66.9 Å². The molecule has 0 unspecified atom stereocenters. The monoisotopic (exact) mass is 479 g/mol. The summed E-state index contributed by atoms with van der Waals surface area (Å²) in [5.41, 5.74) is 3.57. The first-order valence-electron chi connectivity index (χ1n) is 10.2. The number of sulfone groups is 1. The van der Waals surface area contributed by atoms with Gasteiger partial charge in [-0.1, -0.05) is 60.1 Å². The average molecular weight is 480 g/mol. The van der Waals surface area contributed by atoms with Gasteiger partial charge >= 0.3 is 0 Å². The van der Waals surface area contributed by atoms with Crippen LogP contribution in [0.4, 0.5) is 0 Å². The van der Waals surface area contributed by atoms with Crippen LogP contribution in [0.25, 0.3) is 16.9 Å². The summed E-state index contributed by atoms with van der Waals surface area (Å²) >= 11 is 6.24. The first-order valence-corrected chi connectivity index (χ1v) is 12.5. The Bertz CT molecular complexity index is 1400. The smallest absolute Gasteiger partial charge is 0.255 e. The van der Waals surface area contributed by atoms with Crippen molar-refractivity contribution in [1.29, 1.82) is 0 Å². The number of hydrogen-bond acceptors (Lipinski definition) is 4. The van der Waals surface area contributed by atoms with E-state index in [0.29, 0.717) is 0 Å². The molecular formula is C25H22ClN3O3S. The van der Waals surface area contributed by atoms with Gasteiger partial charge in [0.15, 0.2) is 9.84 Å². The van der Waals surface area contributed by atoms with Gasteiger partial charge in [0.2, 0.25) is 0 Å². The van der Waals surface area contributed by atoms with Crippen LogP contribution in [0.3, 0.4) is 0 Å². The highest BCUT2D eigenvalue weighted by molar-refractivity contribution is 7.90. The number of aromatic nitrogens is 2. The SMILES string of the molecule is CN(Cc1cn(-c2ccccc2)nc1-c1ccccc1)C(=O)c1cc(S(C)(=O)=O)ccc1Cl. The lowest BCUT2D eigenvalue weighted by Crippen LogP contribution is -2.26. The zero-order valence-corrected chi connectivity index (χ0v) is 19.7. The van der Waals surface area contributed by atoms with Crippen molar-refractivity contribution in [3.05, 3.63) is 101 Å². The van der Waals surface area contributed by atoms with E-state index in [9.17, 15) is 13.2 Å². The van der Waals surface area contributed by atoms with Crippen LogP contribution in [0.5, 0.6) is 0 Å². The van der Waals surface area contributed by atoms with Crippen LogP contribution in [-0.4, -0.2) is 42.3 Å². The van der Waals surface area contributed by atoms with Crippen LogP contribution in [0.15, 0.2) is 90.0 Å². The Morgan fingerprint density at radius 1 is 1.00 bits per heavy atom. The Balaban J connectivity index is 1.70. The van der Waals surface area contributed by atoms with E-state index in [2.05, 4.69) is 0 Å². The minimum absolute atomic E-state index is 0.0468. The van der Waals surface area contributed by atoms with Crippen LogP contribution in [0.2, 0.25) is 5.02 Å². The Morgan fingerprint density at radius 3 is 2.27 bits per heavy atom. The maximum Gasteiger partial charge on any atom is 0.255 e. The van der Waals surface area contributed by atoms with Crippen molar-refractivity contribution < 1.29 is 13.2 Å². The lowest BCUT2D eigenvalue weighted by molar-refractivity contribution is 0.0785. The Labute approximate surface area is 198 Å². The number of benzene rings is 3. The molecule has 1 amide bonds. The molecule has 4 rings (SSSR count). The van der Waals surface area contributed by atoms with E-state index in [4.69, 9.17) is 16.7 Å². The summed E-state index contributed by atoms with van der Waals surface area (Å²) in [6.45, 7) is 0.259. The summed E-state index contributed by atoms with van der Waals surface area (Å²) < 4.78 is 25.7. The third kappa shape index (κ3) is 4.99. The highest BCUT2D eigenvalue weighted by Gasteiger charge is 2.21. The molecule has 33 heavy (non-hydrogen) atoms. The molecule has 1 aromatic heterocycles. The fourth-order valence-corrected chi connectivity index (χ4v) is 4.35. The van der Waals surface area contributed by atoms with Gasteiger partial charge in [-0.25, -0.2) is 13.1 Å². The number of nitrogens with zero attached hydrogens (tertiary/aromatic N) is 3. The number of para-hydroxylation sites is 1. The van der Waals surface area contributed by atoms with Crippen LogP contribution < -0.4 is 0 Å². The molecule has 0 N–H and O–H groups in total. The standard InChI is InChI=1S/C25H22ClN3O3S/c1-28(25(30)22-15-21(33(2,31)32)13-14-23(22)26)16-19-17-29(20-11-7-4-8-12-20)27-24(19)18-9-5-3-6-10-18/h3-15,17H,16H2,1-2H3. The molecule has 0 fully saturated rings. The zero-order valence-electron chi connectivity index (χ0n) is 18.1. The summed E-state index contributed by atoms with van der Waals surface area (Å²) in [7, 11) is -1.82. The normalized spacial score (nSPS) is 11.4. The predicted octanol–water partition coefficient (Wildman–Crippen LogP) is 4.87.